The Hall–Kier alpha value is -1.26. The van der Waals surface area contributed by atoms with Gasteiger partial charge in [0.15, 0.2) is 0 Å². The number of primary amides is 1. The van der Waals surface area contributed by atoms with Crippen molar-refractivity contribution in [3.8, 4) is 0 Å². The Balaban J connectivity index is 2.03. The van der Waals surface area contributed by atoms with Crippen LogP contribution in [-0.4, -0.2) is 25.2 Å². The molecule has 4 nitrogen and oxygen atoms in total. The Bertz CT molecular complexity index is 417. The summed E-state index contributed by atoms with van der Waals surface area (Å²) in [6.45, 7) is 1.52. The minimum Gasteiger partial charge on any atom is -0.381 e. The van der Waals surface area contributed by atoms with E-state index in [1.165, 1.54) is 0 Å². The number of carbonyl (C=O) groups is 1. The highest BCUT2D eigenvalue weighted by molar-refractivity contribution is 6.33. The molecule has 0 saturated carbocycles. The van der Waals surface area contributed by atoms with Gasteiger partial charge in [-0.3, -0.25) is 4.79 Å². The molecule has 0 aliphatic carbocycles. The Kier molecular flexibility index (Phi) is 3.86. The predicted molar refractivity (Wildman–Crippen MR) is 67.4 cm³/mol. The number of carbonyl (C=O) groups excluding carboxylic acids is 1. The second-order valence-corrected chi connectivity index (χ2v) is 4.48. The van der Waals surface area contributed by atoms with Gasteiger partial charge >= 0.3 is 0 Å². The zero-order chi connectivity index (χ0) is 12.3. The normalized spacial score (nSPS) is 19.2. The van der Waals surface area contributed by atoms with Crippen molar-refractivity contribution in [1.29, 1.82) is 0 Å². The molecule has 1 heterocycles. The number of anilines is 1. The third-order valence-corrected chi connectivity index (χ3v) is 3.12. The van der Waals surface area contributed by atoms with Crippen LogP contribution in [-0.2, 0) is 4.74 Å². The van der Waals surface area contributed by atoms with Gasteiger partial charge in [-0.25, -0.2) is 0 Å². The van der Waals surface area contributed by atoms with Crippen LogP contribution >= 0.6 is 11.6 Å². The molecule has 17 heavy (non-hydrogen) atoms. The average Bonchev–Trinajstić information content (AvgIpc) is 2.80. The molecule has 0 spiro atoms. The van der Waals surface area contributed by atoms with E-state index in [9.17, 15) is 4.79 Å². The van der Waals surface area contributed by atoms with E-state index < -0.39 is 5.91 Å². The molecule has 1 atom stereocenters. The minimum atomic E-state index is -0.457. The number of halogens is 1. The van der Waals surface area contributed by atoms with E-state index in [1.54, 1.807) is 18.2 Å². The van der Waals surface area contributed by atoms with Gasteiger partial charge < -0.3 is 15.8 Å². The molecule has 0 radical (unpaired) electrons. The van der Waals surface area contributed by atoms with Crippen molar-refractivity contribution in [3.05, 3.63) is 28.8 Å². The summed E-state index contributed by atoms with van der Waals surface area (Å²) in [5, 5.41) is 3.76. The molecule has 92 valence electrons. The van der Waals surface area contributed by atoms with Crippen LogP contribution in [0.15, 0.2) is 18.2 Å². The number of nitrogens with one attached hydrogen (secondary N) is 1. The second kappa shape index (κ2) is 5.38. The van der Waals surface area contributed by atoms with E-state index in [-0.39, 0.29) is 6.10 Å². The molecule has 1 fully saturated rings. The largest absolute Gasteiger partial charge is 0.381 e. The standard InChI is InChI=1S/C12H15ClN2O2/c13-10-4-3-8(12(14)16)6-11(10)15-7-9-2-1-5-17-9/h3-4,6,9,15H,1-2,5,7H2,(H2,14,16). The number of nitrogens with two attached hydrogens (primary N) is 1. The van der Waals surface area contributed by atoms with Gasteiger partial charge in [-0.2, -0.15) is 0 Å². The maximum Gasteiger partial charge on any atom is 0.248 e. The topological polar surface area (TPSA) is 64.4 Å². The lowest BCUT2D eigenvalue weighted by Crippen LogP contribution is -2.19. The molecule has 2 rings (SSSR count). The van der Waals surface area contributed by atoms with Crippen molar-refractivity contribution in [2.45, 2.75) is 18.9 Å². The lowest BCUT2D eigenvalue weighted by Gasteiger charge is -2.13. The van der Waals surface area contributed by atoms with Crippen LogP contribution in [0, 0.1) is 0 Å². The van der Waals surface area contributed by atoms with Gasteiger partial charge in [-0.15, -0.1) is 0 Å². The predicted octanol–water partition coefficient (Wildman–Crippen LogP) is 2.03. The smallest absolute Gasteiger partial charge is 0.248 e. The average molecular weight is 255 g/mol. The highest BCUT2D eigenvalue weighted by atomic mass is 35.5. The van der Waals surface area contributed by atoms with E-state index in [2.05, 4.69) is 5.32 Å². The first-order valence-electron chi connectivity index (χ1n) is 5.61. The molecule has 1 aromatic rings. The summed E-state index contributed by atoms with van der Waals surface area (Å²) >= 11 is 6.03. The van der Waals surface area contributed by atoms with Crippen molar-refractivity contribution in [2.24, 2.45) is 5.73 Å². The number of hydrogen-bond acceptors (Lipinski definition) is 3. The maximum atomic E-state index is 11.1. The monoisotopic (exact) mass is 254 g/mol. The summed E-state index contributed by atoms with van der Waals surface area (Å²) in [7, 11) is 0. The molecule has 1 saturated heterocycles. The Labute approximate surface area is 105 Å². The molecule has 1 aliphatic heterocycles. The highest BCUT2D eigenvalue weighted by Gasteiger charge is 2.15. The first-order valence-corrected chi connectivity index (χ1v) is 5.99. The van der Waals surface area contributed by atoms with Crippen LogP contribution in [0.1, 0.15) is 23.2 Å². The molecule has 1 unspecified atom stereocenters. The van der Waals surface area contributed by atoms with Crippen LogP contribution in [0.3, 0.4) is 0 Å². The molecule has 1 aliphatic rings. The van der Waals surface area contributed by atoms with Gasteiger partial charge in [0.2, 0.25) is 5.91 Å². The maximum absolute atomic E-state index is 11.1. The van der Waals surface area contributed by atoms with Gasteiger partial charge in [0.1, 0.15) is 0 Å². The third-order valence-electron chi connectivity index (χ3n) is 2.80. The number of amides is 1. The summed E-state index contributed by atoms with van der Waals surface area (Å²) in [6.07, 6.45) is 2.38. The van der Waals surface area contributed by atoms with E-state index >= 15 is 0 Å². The van der Waals surface area contributed by atoms with Gasteiger partial charge in [0, 0.05) is 18.7 Å². The number of ether oxygens (including phenoxy) is 1. The fraction of sp³-hybridized carbons (Fsp3) is 0.417. The van der Waals surface area contributed by atoms with Crippen molar-refractivity contribution < 1.29 is 9.53 Å². The molecule has 3 N–H and O–H groups in total. The van der Waals surface area contributed by atoms with Gasteiger partial charge in [0.05, 0.1) is 16.8 Å². The number of hydrogen-bond donors (Lipinski definition) is 2. The quantitative estimate of drug-likeness (QED) is 0.864. The number of rotatable bonds is 4. The van der Waals surface area contributed by atoms with Crippen LogP contribution < -0.4 is 11.1 Å². The summed E-state index contributed by atoms with van der Waals surface area (Å²) in [6, 6.07) is 4.95. The van der Waals surface area contributed by atoms with Gasteiger partial charge in [0.25, 0.3) is 0 Å². The fourth-order valence-corrected chi connectivity index (χ4v) is 2.03. The molecule has 0 aromatic heterocycles. The minimum absolute atomic E-state index is 0.225. The Morgan fingerprint density at radius 1 is 1.59 bits per heavy atom. The third kappa shape index (κ3) is 3.11. The van der Waals surface area contributed by atoms with E-state index in [1.807, 2.05) is 0 Å². The first-order chi connectivity index (χ1) is 8.16. The van der Waals surface area contributed by atoms with Gasteiger partial charge in [-0.1, -0.05) is 11.6 Å². The molecule has 0 bridgehead atoms. The highest BCUT2D eigenvalue weighted by Crippen LogP contribution is 2.23. The van der Waals surface area contributed by atoms with Crippen LogP contribution in [0.5, 0.6) is 0 Å². The number of benzene rings is 1. The van der Waals surface area contributed by atoms with E-state index in [4.69, 9.17) is 22.1 Å². The van der Waals surface area contributed by atoms with E-state index in [0.29, 0.717) is 17.1 Å². The molecular formula is C12H15ClN2O2. The lowest BCUT2D eigenvalue weighted by molar-refractivity contribution is 0.100. The van der Waals surface area contributed by atoms with Crippen LogP contribution in [0.25, 0.3) is 0 Å². The molecule has 1 aromatic carbocycles. The fourth-order valence-electron chi connectivity index (χ4n) is 1.84. The summed E-state index contributed by atoms with van der Waals surface area (Å²) < 4.78 is 5.50. The first kappa shape index (κ1) is 12.2. The molecule has 1 amide bonds. The SMILES string of the molecule is NC(=O)c1ccc(Cl)c(NCC2CCCO2)c1. The zero-order valence-corrected chi connectivity index (χ0v) is 10.2. The Morgan fingerprint density at radius 2 is 2.41 bits per heavy atom. The Morgan fingerprint density at radius 3 is 3.06 bits per heavy atom. The van der Waals surface area contributed by atoms with Crippen molar-refractivity contribution in [2.75, 3.05) is 18.5 Å². The second-order valence-electron chi connectivity index (χ2n) is 4.07. The molecular weight excluding hydrogens is 240 g/mol. The van der Waals surface area contributed by atoms with E-state index in [0.717, 1.165) is 25.1 Å². The van der Waals surface area contributed by atoms with Crippen molar-refractivity contribution >= 4 is 23.2 Å². The summed E-state index contributed by atoms with van der Waals surface area (Å²) in [5.74, 6) is -0.457. The molecule has 5 heteroatoms. The summed E-state index contributed by atoms with van der Waals surface area (Å²) in [4.78, 5) is 11.1. The van der Waals surface area contributed by atoms with Crippen LogP contribution in [0.4, 0.5) is 5.69 Å². The lowest BCUT2D eigenvalue weighted by atomic mass is 10.2. The van der Waals surface area contributed by atoms with Crippen LogP contribution in [0.2, 0.25) is 5.02 Å². The van der Waals surface area contributed by atoms with Crippen molar-refractivity contribution in [3.63, 3.8) is 0 Å². The van der Waals surface area contributed by atoms with Crippen molar-refractivity contribution in [1.82, 2.24) is 0 Å². The van der Waals surface area contributed by atoms with Gasteiger partial charge in [-0.05, 0) is 31.0 Å². The zero-order valence-electron chi connectivity index (χ0n) is 9.41. The summed E-state index contributed by atoms with van der Waals surface area (Å²) in [5.41, 5.74) is 6.39.